The highest BCUT2D eigenvalue weighted by molar-refractivity contribution is 6.06. The van der Waals surface area contributed by atoms with E-state index in [1.54, 1.807) is 16.7 Å². The highest BCUT2D eigenvalue weighted by Gasteiger charge is 2.35. The Hall–Kier alpha value is -3.72. The summed E-state index contributed by atoms with van der Waals surface area (Å²) < 4.78 is 16.1. The van der Waals surface area contributed by atoms with Crippen LogP contribution in [-0.2, 0) is 11.2 Å². The number of carboxylic acids is 1. The number of hydrogen-bond donors (Lipinski definition) is 4. The summed E-state index contributed by atoms with van der Waals surface area (Å²) >= 11 is 0. The lowest BCUT2D eigenvalue weighted by molar-refractivity contribution is -0.135. The Labute approximate surface area is 221 Å². The highest BCUT2D eigenvalue weighted by Crippen LogP contribution is 2.43. The van der Waals surface area contributed by atoms with Crippen LogP contribution < -0.4 is 16.8 Å². The van der Waals surface area contributed by atoms with Crippen LogP contribution >= 0.6 is 0 Å². The number of primary amides is 1. The molecule has 1 aliphatic heterocycles. The lowest BCUT2D eigenvalue weighted by atomic mass is 9.80. The van der Waals surface area contributed by atoms with Gasteiger partial charge in [0.05, 0.1) is 17.6 Å². The third-order valence-electron chi connectivity index (χ3n) is 7.27. The van der Waals surface area contributed by atoms with Crippen molar-refractivity contribution >= 4 is 34.4 Å². The third kappa shape index (κ3) is 5.72. The fourth-order valence-electron chi connectivity index (χ4n) is 5.60. The van der Waals surface area contributed by atoms with E-state index in [9.17, 15) is 18.8 Å². The Bertz CT molecular complexity index is 1390. The van der Waals surface area contributed by atoms with Gasteiger partial charge in [-0.1, -0.05) is 39.2 Å². The number of benzene rings is 2. The average Bonchev–Trinajstić information content (AvgIpc) is 3.16. The summed E-state index contributed by atoms with van der Waals surface area (Å²) in [5.41, 5.74) is 14.6. The SMILES string of the molecule is CC1(C)CC(=O)n2c(c(-c3ccc(C(N)=O)c(NC4CCCCC4)c3)c3cc(F)ccc32)C1.NCC(=O)O. The molecule has 0 atom stereocenters. The third-order valence-corrected chi connectivity index (χ3v) is 7.27. The van der Waals surface area contributed by atoms with E-state index in [1.165, 1.54) is 18.6 Å². The topological polar surface area (TPSA) is 140 Å². The summed E-state index contributed by atoms with van der Waals surface area (Å²) in [6.07, 6.45) is 6.82. The highest BCUT2D eigenvalue weighted by atomic mass is 19.1. The molecule has 2 aromatic carbocycles. The molecule has 38 heavy (non-hydrogen) atoms. The molecular weight excluding hydrogens is 487 g/mol. The van der Waals surface area contributed by atoms with E-state index >= 15 is 0 Å². The minimum atomic E-state index is -0.968. The van der Waals surface area contributed by atoms with Crippen molar-refractivity contribution < 1.29 is 23.9 Å². The molecule has 5 rings (SSSR count). The van der Waals surface area contributed by atoms with Crippen molar-refractivity contribution in [2.75, 3.05) is 11.9 Å². The number of carbonyl (C=O) groups is 3. The van der Waals surface area contributed by atoms with Gasteiger partial charge in [0.25, 0.3) is 5.91 Å². The van der Waals surface area contributed by atoms with Gasteiger partial charge in [0.15, 0.2) is 0 Å². The van der Waals surface area contributed by atoms with Crippen LogP contribution in [0.4, 0.5) is 10.1 Å². The monoisotopic (exact) mass is 522 g/mol. The van der Waals surface area contributed by atoms with Crippen LogP contribution in [-0.4, -0.2) is 40.0 Å². The molecule has 1 aromatic heterocycles. The van der Waals surface area contributed by atoms with Crippen molar-refractivity contribution in [1.82, 2.24) is 4.57 Å². The van der Waals surface area contributed by atoms with Crippen LogP contribution in [0.25, 0.3) is 22.0 Å². The molecule has 3 aromatic rings. The number of carboxylic acid groups (broad SMARTS) is 1. The quantitative estimate of drug-likeness (QED) is 0.374. The Balaban J connectivity index is 0.000000617. The molecule has 2 aliphatic rings. The molecule has 0 bridgehead atoms. The number of halogens is 1. The molecule has 1 fully saturated rings. The number of hydrogen-bond acceptors (Lipinski definition) is 5. The second kappa shape index (κ2) is 10.9. The maximum atomic E-state index is 14.3. The summed E-state index contributed by atoms with van der Waals surface area (Å²) in [5, 5.41) is 11.9. The predicted molar refractivity (Wildman–Crippen MR) is 146 cm³/mol. The zero-order valence-electron chi connectivity index (χ0n) is 21.9. The van der Waals surface area contributed by atoms with Gasteiger partial charge in [0.1, 0.15) is 5.82 Å². The number of anilines is 1. The average molecular weight is 523 g/mol. The molecular formula is C29H35FN4O4. The first-order valence-electron chi connectivity index (χ1n) is 13.0. The largest absolute Gasteiger partial charge is 0.480 e. The van der Waals surface area contributed by atoms with Crippen LogP contribution in [0.5, 0.6) is 0 Å². The van der Waals surface area contributed by atoms with Gasteiger partial charge in [-0.3, -0.25) is 19.0 Å². The zero-order chi connectivity index (χ0) is 27.6. The molecule has 202 valence electrons. The molecule has 0 unspecified atom stereocenters. The fourth-order valence-corrected chi connectivity index (χ4v) is 5.60. The Morgan fingerprint density at radius 1 is 1.11 bits per heavy atom. The van der Waals surface area contributed by atoms with E-state index in [-0.39, 0.29) is 23.7 Å². The summed E-state index contributed by atoms with van der Waals surface area (Å²) in [5.74, 6) is -1.76. The first-order valence-corrected chi connectivity index (χ1v) is 13.0. The van der Waals surface area contributed by atoms with Crippen LogP contribution in [0.15, 0.2) is 36.4 Å². The van der Waals surface area contributed by atoms with E-state index in [0.29, 0.717) is 35.5 Å². The van der Waals surface area contributed by atoms with Crippen LogP contribution in [0.1, 0.15) is 73.2 Å². The van der Waals surface area contributed by atoms with Crippen LogP contribution in [0.2, 0.25) is 0 Å². The van der Waals surface area contributed by atoms with Gasteiger partial charge < -0.3 is 21.9 Å². The Kier molecular flexibility index (Phi) is 7.87. The number of rotatable bonds is 5. The second-order valence-corrected chi connectivity index (χ2v) is 10.9. The molecule has 0 spiro atoms. The van der Waals surface area contributed by atoms with Crippen molar-refractivity contribution in [2.45, 2.75) is 64.8 Å². The summed E-state index contributed by atoms with van der Waals surface area (Å²) in [6.45, 7) is 3.89. The lowest BCUT2D eigenvalue weighted by Crippen LogP contribution is -2.31. The maximum absolute atomic E-state index is 14.3. The zero-order valence-corrected chi connectivity index (χ0v) is 21.9. The smallest absolute Gasteiger partial charge is 0.317 e. The van der Waals surface area contributed by atoms with E-state index in [1.807, 2.05) is 12.1 Å². The molecule has 1 aliphatic carbocycles. The minimum Gasteiger partial charge on any atom is -0.480 e. The maximum Gasteiger partial charge on any atom is 0.317 e. The van der Waals surface area contributed by atoms with Crippen LogP contribution in [0, 0.1) is 11.2 Å². The first-order chi connectivity index (χ1) is 18.0. The number of nitrogens with two attached hydrogens (primary N) is 2. The molecule has 2 heterocycles. The fraction of sp³-hybridized carbons (Fsp3) is 0.414. The van der Waals surface area contributed by atoms with Crippen molar-refractivity contribution in [1.29, 1.82) is 0 Å². The number of nitrogens with zero attached hydrogens (tertiary/aromatic N) is 1. The minimum absolute atomic E-state index is 0.0263. The van der Waals surface area contributed by atoms with Gasteiger partial charge in [-0.15, -0.1) is 0 Å². The first kappa shape index (κ1) is 27.3. The number of carbonyl (C=O) groups excluding carboxylic acids is 2. The Morgan fingerprint density at radius 2 is 1.79 bits per heavy atom. The number of nitrogens with one attached hydrogen (secondary N) is 1. The second-order valence-electron chi connectivity index (χ2n) is 10.9. The van der Waals surface area contributed by atoms with Gasteiger partial charge in [0, 0.05) is 34.8 Å². The summed E-state index contributed by atoms with van der Waals surface area (Å²) in [4.78, 5) is 34.5. The van der Waals surface area contributed by atoms with Crippen molar-refractivity contribution in [3.8, 4) is 11.1 Å². The van der Waals surface area contributed by atoms with Gasteiger partial charge >= 0.3 is 5.97 Å². The van der Waals surface area contributed by atoms with Crippen LogP contribution in [0.3, 0.4) is 0 Å². The van der Waals surface area contributed by atoms with Crippen molar-refractivity contribution in [3.63, 3.8) is 0 Å². The summed E-state index contributed by atoms with van der Waals surface area (Å²) in [6, 6.07) is 10.4. The molecule has 6 N–H and O–H groups in total. The molecule has 0 saturated heterocycles. The number of amides is 1. The predicted octanol–water partition coefficient (Wildman–Crippen LogP) is 4.93. The van der Waals surface area contributed by atoms with Crippen molar-refractivity contribution in [3.05, 3.63) is 53.5 Å². The van der Waals surface area contributed by atoms with E-state index < -0.39 is 11.9 Å². The van der Waals surface area contributed by atoms with E-state index in [2.05, 4.69) is 24.9 Å². The van der Waals surface area contributed by atoms with Crippen molar-refractivity contribution in [2.24, 2.45) is 16.9 Å². The molecule has 1 amide bonds. The normalized spacial score (nSPS) is 16.9. The van der Waals surface area contributed by atoms with E-state index in [4.69, 9.17) is 10.8 Å². The number of fused-ring (bicyclic) bond motifs is 3. The lowest BCUT2D eigenvalue weighted by Gasteiger charge is -2.30. The molecule has 9 heteroatoms. The molecule has 0 radical (unpaired) electrons. The summed E-state index contributed by atoms with van der Waals surface area (Å²) in [7, 11) is 0. The van der Waals surface area contributed by atoms with Gasteiger partial charge in [-0.25, -0.2) is 4.39 Å². The van der Waals surface area contributed by atoms with Gasteiger partial charge in [-0.05, 0) is 60.6 Å². The molecule has 1 saturated carbocycles. The Morgan fingerprint density at radius 3 is 2.42 bits per heavy atom. The number of aliphatic carboxylic acids is 1. The number of aromatic nitrogens is 1. The van der Waals surface area contributed by atoms with Gasteiger partial charge in [0.2, 0.25) is 5.91 Å². The molecule has 8 nitrogen and oxygen atoms in total. The van der Waals surface area contributed by atoms with Gasteiger partial charge in [-0.2, -0.15) is 0 Å². The standard InChI is InChI=1S/C27H30FN3O2.C2H5NO2/c1-27(2)14-23-25(20-13-17(28)9-11-22(20)31(23)24(32)15-27)16-8-10-19(26(29)33)21(12-16)30-18-6-4-3-5-7-18;3-1-2(4)5/h8-13,18,30H,3-7,14-15H2,1-2H3,(H2,29,33);1,3H2,(H,4,5). The van der Waals surface area contributed by atoms with E-state index in [0.717, 1.165) is 48.0 Å².